The van der Waals surface area contributed by atoms with Gasteiger partial charge in [-0.2, -0.15) is 0 Å². The monoisotopic (exact) mass is 301 g/mol. The van der Waals surface area contributed by atoms with Crippen molar-refractivity contribution in [1.29, 1.82) is 0 Å². The highest BCUT2D eigenvalue weighted by Crippen LogP contribution is 2.28. The first-order chi connectivity index (χ1) is 9.23. The van der Waals surface area contributed by atoms with Crippen LogP contribution >= 0.6 is 23.6 Å². The number of nitrogens with zero attached hydrogens (tertiary/aromatic N) is 2. The molecule has 1 N–H and O–H groups in total. The fraction of sp³-hybridized carbons (Fsp3) is 0.667. The Morgan fingerprint density at radius 3 is 2.89 bits per heavy atom. The molecule has 1 fully saturated rings. The van der Waals surface area contributed by atoms with Crippen LogP contribution in [0.5, 0.6) is 0 Å². The first-order valence-corrected chi connectivity index (χ1v) is 7.54. The van der Waals surface area contributed by atoms with Gasteiger partial charge in [-0.3, -0.25) is 4.90 Å². The molecule has 1 aromatic heterocycles. The van der Waals surface area contributed by atoms with Crippen LogP contribution in [0.3, 0.4) is 0 Å². The van der Waals surface area contributed by atoms with Crippen molar-refractivity contribution in [2.45, 2.75) is 5.60 Å². The Morgan fingerprint density at radius 2 is 2.37 bits per heavy atom. The van der Waals surface area contributed by atoms with Crippen LogP contribution in [0, 0.1) is 0 Å². The molecule has 0 saturated carbocycles. The van der Waals surface area contributed by atoms with Crippen molar-refractivity contribution in [3.05, 3.63) is 16.6 Å². The second-order valence-electron chi connectivity index (χ2n) is 4.37. The number of nitrogens with one attached hydrogen (secondary N) is 1. The summed E-state index contributed by atoms with van der Waals surface area (Å²) in [5.41, 5.74) is 1.99. The smallest absolute Gasteiger partial charge is 0.172 e. The van der Waals surface area contributed by atoms with Crippen LogP contribution in [0.25, 0.3) is 0 Å². The molecular formula is C12H19N3O2S2. The van der Waals surface area contributed by atoms with Gasteiger partial charge in [0.15, 0.2) is 5.60 Å². The molecule has 106 valence electrons. The molecule has 2 rings (SSSR count). The van der Waals surface area contributed by atoms with Crippen molar-refractivity contribution < 1.29 is 9.47 Å². The Balaban J connectivity index is 2.24. The van der Waals surface area contributed by atoms with Crippen LogP contribution in [0.1, 0.15) is 5.69 Å². The summed E-state index contributed by atoms with van der Waals surface area (Å²) >= 11 is 7.03. The number of rotatable bonds is 5. The summed E-state index contributed by atoms with van der Waals surface area (Å²) in [5, 5.41) is 5.04. The zero-order valence-corrected chi connectivity index (χ0v) is 12.9. The lowest BCUT2D eigenvalue weighted by atomic mass is 9.98. The number of hydrogen-bond donors (Lipinski definition) is 1. The summed E-state index contributed by atoms with van der Waals surface area (Å²) in [6.45, 7) is 3.98. The van der Waals surface area contributed by atoms with Crippen molar-refractivity contribution in [2.24, 2.45) is 0 Å². The fourth-order valence-electron chi connectivity index (χ4n) is 2.22. The maximum Gasteiger partial charge on any atom is 0.172 e. The minimum Gasteiger partial charge on any atom is -0.380 e. The molecule has 0 amide bonds. The quantitative estimate of drug-likeness (QED) is 0.814. The highest BCUT2D eigenvalue weighted by atomic mass is 32.1. The normalized spacial score (nSPS) is 19.9. The molecule has 2 heterocycles. The molecule has 1 aliphatic heterocycles. The van der Waals surface area contributed by atoms with Crippen molar-refractivity contribution in [2.75, 3.05) is 47.0 Å². The third-order valence-corrected chi connectivity index (χ3v) is 4.46. The number of hydrogen-bond acceptors (Lipinski definition) is 6. The molecule has 1 unspecified atom stereocenters. The molecule has 1 aliphatic rings. The zero-order chi connectivity index (χ0) is 13.7. The van der Waals surface area contributed by atoms with Gasteiger partial charge in [0.2, 0.25) is 0 Å². The summed E-state index contributed by atoms with van der Waals surface area (Å²) in [7, 11) is 3.51. The van der Waals surface area contributed by atoms with E-state index in [4.69, 9.17) is 21.7 Å². The van der Waals surface area contributed by atoms with Crippen LogP contribution in [-0.2, 0) is 15.1 Å². The zero-order valence-electron chi connectivity index (χ0n) is 11.2. The third kappa shape index (κ3) is 3.11. The molecule has 1 saturated heterocycles. The number of thiazole rings is 1. The average molecular weight is 301 g/mol. The summed E-state index contributed by atoms with van der Waals surface area (Å²) in [5.74, 6) is 0. The highest BCUT2D eigenvalue weighted by molar-refractivity contribution is 7.80. The molecule has 0 radical (unpaired) electrons. The molecular weight excluding hydrogens is 282 g/mol. The Labute approximate surface area is 122 Å². The second kappa shape index (κ2) is 6.71. The van der Waals surface area contributed by atoms with E-state index >= 15 is 0 Å². The summed E-state index contributed by atoms with van der Waals surface area (Å²) < 4.78 is 11.2. The second-order valence-corrected chi connectivity index (χ2v) is 5.50. The predicted octanol–water partition coefficient (Wildman–Crippen LogP) is 0.864. The van der Waals surface area contributed by atoms with Crippen molar-refractivity contribution in [3.63, 3.8) is 0 Å². The Kier molecular flexibility index (Phi) is 5.23. The predicted molar refractivity (Wildman–Crippen MR) is 79.7 cm³/mol. The van der Waals surface area contributed by atoms with Crippen LogP contribution in [-0.4, -0.2) is 61.9 Å². The number of thiocarbonyl (C=S) groups is 1. The lowest BCUT2D eigenvalue weighted by Crippen LogP contribution is -2.53. The van der Waals surface area contributed by atoms with Gasteiger partial charge in [0.05, 0.1) is 24.4 Å². The van der Waals surface area contributed by atoms with Crippen LogP contribution in [0.15, 0.2) is 10.9 Å². The molecule has 0 spiro atoms. The minimum absolute atomic E-state index is 0.660. The van der Waals surface area contributed by atoms with Crippen molar-refractivity contribution in [1.82, 2.24) is 15.2 Å². The number of aromatic nitrogens is 1. The van der Waals surface area contributed by atoms with Gasteiger partial charge in [0.1, 0.15) is 4.99 Å². The average Bonchev–Trinajstić information content (AvgIpc) is 2.99. The van der Waals surface area contributed by atoms with Crippen LogP contribution < -0.4 is 5.32 Å². The van der Waals surface area contributed by atoms with Gasteiger partial charge >= 0.3 is 0 Å². The van der Waals surface area contributed by atoms with E-state index in [2.05, 4.69) is 15.2 Å². The standard InChI is InChI=1S/C12H19N3O2S2/c1-13-11(18)12(16-2,10-7-19-9-14-10)8-15-3-5-17-6-4-15/h7,9H,3-6,8H2,1-2H3,(H,13,18). The number of likely N-dealkylation sites (N-methyl/N-ethyl adjacent to an activating group) is 1. The van der Waals surface area contributed by atoms with Crippen molar-refractivity contribution >= 4 is 28.5 Å². The first-order valence-electron chi connectivity index (χ1n) is 6.19. The van der Waals surface area contributed by atoms with Gasteiger partial charge in [-0.15, -0.1) is 11.3 Å². The fourth-order valence-corrected chi connectivity index (χ4v) is 3.09. The minimum atomic E-state index is -0.679. The van der Waals surface area contributed by atoms with Gasteiger partial charge in [-0.05, 0) is 0 Å². The topological polar surface area (TPSA) is 46.6 Å². The van der Waals surface area contributed by atoms with E-state index in [1.165, 1.54) is 0 Å². The molecule has 19 heavy (non-hydrogen) atoms. The van der Waals surface area contributed by atoms with Gasteiger partial charge in [0, 0.05) is 39.2 Å². The molecule has 0 aromatic carbocycles. The van der Waals surface area contributed by atoms with E-state index in [0.29, 0.717) is 11.5 Å². The maximum absolute atomic E-state index is 5.80. The summed E-state index contributed by atoms with van der Waals surface area (Å²) in [6.07, 6.45) is 0. The SMILES string of the molecule is CNC(=S)C(CN1CCOCC1)(OC)c1cscn1. The summed E-state index contributed by atoms with van der Waals surface area (Å²) in [6, 6.07) is 0. The first kappa shape index (κ1) is 14.8. The third-order valence-electron chi connectivity index (χ3n) is 3.34. The van der Waals surface area contributed by atoms with E-state index in [1.54, 1.807) is 24.0 Å². The van der Waals surface area contributed by atoms with E-state index in [9.17, 15) is 0 Å². The van der Waals surface area contributed by atoms with Gasteiger partial charge in [-0.25, -0.2) is 4.98 Å². The van der Waals surface area contributed by atoms with E-state index in [0.717, 1.165) is 32.0 Å². The Morgan fingerprint density at radius 1 is 1.63 bits per heavy atom. The number of ether oxygens (including phenoxy) is 2. The molecule has 1 aromatic rings. The Bertz CT molecular complexity index is 407. The van der Waals surface area contributed by atoms with Crippen LogP contribution in [0.4, 0.5) is 0 Å². The van der Waals surface area contributed by atoms with E-state index in [1.807, 2.05) is 12.4 Å². The van der Waals surface area contributed by atoms with Gasteiger partial charge in [0.25, 0.3) is 0 Å². The molecule has 0 bridgehead atoms. The number of methoxy groups -OCH3 is 1. The molecule has 1 atom stereocenters. The summed E-state index contributed by atoms with van der Waals surface area (Å²) in [4.78, 5) is 7.36. The number of morpholine rings is 1. The highest BCUT2D eigenvalue weighted by Gasteiger charge is 2.40. The molecule has 7 heteroatoms. The lowest BCUT2D eigenvalue weighted by molar-refractivity contribution is -0.0250. The van der Waals surface area contributed by atoms with Gasteiger partial charge < -0.3 is 14.8 Å². The lowest BCUT2D eigenvalue weighted by Gasteiger charge is -2.37. The Hall–Kier alpha value is -0.600. The van der Waals surface area contributed by atoms with E-state index in [-0.39, 0.29) is 0 Å². The molecule has 5 nitrogen and oxygen atoms in total. The largest absolute Gasteiger partial charge is 0.380 e. The van der Waals surface area contributed by atoms with Gasteiger partial charge in [-0.1, -0.05) is 12.2 Å². The van der Waals surface area contributed by atoms with E-state index < -0.39 is 5.60 Å². The molecule has 0 aliphatic carbocycles. The maximum atomic E-state index is 5.80. The van der Waals surface area contributed by atoms with Crippen LogP contribution in [0.2, 0.25) is 0 Å². The van der Waals surface area contributed by atoms with Crippen molar-refractivity contribution in [3.8, 4) is 0 Å².